The van der Waals surface area contributed by atoms with Crippen molar-refractivity contribution < 1.29 is 14.3 Å². The number of ether oxygens (including phenoxy) is 1. The highest BCUT2D eigenvalue weighted by atomic mass is 16.5. The van der Waals surface area contributed by atoms with E-state index in [0.717, 1.165) is 42.7 Å². The topological polar surface area (TPSA) is 76.5 Å². The van der Waals surface area contributed by atoms with E-state index in [2.05, 4.69) is 17.4 Å². The van der Waals surface area contributed by atoms with E-state index in [9.17, 15) is 9.59 Å². The van der Waals surface area contributed by atoms with E-state index in [0.29, 0.717) is 25.3 Å². The van der Waals surface area contributed by atoms with Crippen molar-refractivity contribution in [2.24, 2.45) is 5.92 Å². The molecule has 4 rings (SSSR count). The summed E-state index contributed by atoms with van der Waals surface area (Å²) < 4.78 is 7.20. The fraction of sp³-hybridized carbons (Fsp3) is 0.522. The lowest BCUT2D eigenvalue weighted by Gasteiger charge is -2.29. The molecule has 2 aromatic rings. The van der Waals surface area contributed by atoms with Gasteiger partial charge in [0.25, 0.3) is 5.91 Å². The predicted octanol–water partition coefficient (Wildman–Crippen LogP) is 2.57. The van der Waals surface area contributed by atoms with E-state index >= 15 is 0 Å². The molecule has 7 nitrogen and oxygen atoms in total. The first-order valence-electron chi connectivity index (χ1n) is 10.8. The second kappa shape index (κ2) is 8.50. The van der Waals surface area contributed by atoms with Gasteiger partial charge < -0.3 is 15.0 Å². The fourth-order valence-corrected chi connectivity index (χ4v) is 3.92. The van der Waals surface area contributed by atoms with Gasteiger partial charge in [-0.2, -0.15) is 5.10 Å². The smallest absolute Gasteiger partial charge is 0.272 e. The Kier molecular flexibility index (Phi) is 5.79. The number of carbonyl (C=O) groups is 2. The van der Waals surface area contributed by atoms with E-state index in [4.69, 9.17) is 9.84 Å². The summed E-state index contributed by atoms with van der Waals surface area (Å²) in [6, 6.07) is 8.29. The number of hydrogen-bond acceptors (Lipinski definition) is 4. The van der Waals surface area contributed by atoms with Crippen LogP contribution < -0.4 is 10.1 Å². The van der Waals surface area contributed by atoms with Crippen LogP contribution in [0.4, 0.5) is 0 Å². The molecular formula is C23H30N4O3. The zero-order valence-electron chi connectivity index (χ0n) is 18.0. The van der Waals surface area contributed by atoms with Gasteiger partial charge in [0.1, 0.15) is 5.75 Å². The van der Waals surface area contributed by atoms with Crippen molar-refractivity contribution in [3.8, 4) is 5.75 Å². The second-order valence-corrected chi connectivity index (χ2v) is 8.51. The lowest BCUT2D eigenvalue weighted by Crippen LogP contribution is -2.39. The molecule has 7 heteroatoms. The van der Waals surface area contributed by atoms with Gasteiger partial charge in [-0.05, 0) is 37.0 Å². The number of benzene rings is 1. The number of nitrogens with zero attached hydrogens (tertiary/aromatic N) is 3. The van der Waals surface area contributed by atoms with Crippen molar-refractivity contribution >= 4 is 11.8 Å². The Labute approximate surface area is 177 Å². The molecule has 2 heterocycles. The van der Waals surface area contributed by atoms with Gasteiger partial charge in [0.15, 0.2) is 5.69 Å². The van der Waals surface area contributed by atoms with E-state index in [1.165, 1.54) is 5.56 Å². The number of rotatable bonds is 7. The molecule has 0 radical (unpaired) electrons. The summed E-state index contributed by atoms with van der Waals surface area (Å²) >= 11 is 0. The highest BCUT2D eigenvalue weighted by Crippen LogP contribution is 2.26. The Morgan fingerprint density at radius 3 is 2.60 bits per heavy atom. The highest BCUT2D eigenvalue weighted by molar-refractivity contribution is 5.94. The van der Waals surface area contributed by atoms with Crippen LogP contribution in [0.1, 0.15) is 54.0 Å². The van der Waals surface area contributed by atoms with Crippen LogP contribution in [0.15, 0.2) is 24.3 Å². The molecule has 1 saturated carbocycles. The number of aromatic nitrogens is 2. The maximum Gasteiger partial charge on any atom is 0.272 e. The number of fused-ring (bicyclic) bond motifs is 1. The van der Waals surface area contributed by atoms with E-state index in [-0.39, 0.29) is 23.8 Å². The summed E-state index contributed by atoms with van der Waals surface area (Å²) in [7, 11) is 1.66. The van der Waals surface area contributed by atoms with Crippen LogP contribution in [0.3, 0.4) is 0 Å². The van der Waals surface area contributed by atoms with Gasteiger partial charge in [-0.3, -0.25) is 14.3 Å². The normalized spacial score (nSPS) is 15.8. The molecule has 1 aliphatic carbocycles. The summed E-state index contributed by atoms with van der Waals surface area (Å²) in [5.74, 6) is 0.792. The summed E-state index contributed by atoms with van der Waals surface area (Å²) in [4.78, 5) is 27.2. The molecule has 2 amide bonds. The Morgan fingerprint density at radius 1 is 1.23 bits per heavy atom. The molecule has 1 aromatic heterocycles. The SMILES string of the molecule is COc1ccc(CCn2nc(C(=O)NC3CC3)c3c2CCN(C(=O)C(C)C)C3)cc1. The molecule has 1 aliphatic heterocycles. The van der Waals surface area contributed by atoms with Crippen LogP contribution in [-0.2, 0) is 30.7 Å². The predicted molar refractivity (Wildman–Crippen MR) is 113 cm³/mol. The fourth-order valence-electron chi connectivity index (χ4n) is 3.92. The third-order valence-corrected chi connectivity index (χ3v) is 5.84. The highest BCUT2D eigenvalue weighted by Gasteiger charge is 2.32. The van der Waals surface area contributed by atoms with Crippen LogP contribution in [0.5, 0.6) is 5.75 Å². The molecule has 1 aromatic carbocycles. The Morgan fingerprint density at radius 2 is 1.97 bits per heavy atom. The Hall–Kier alpha value is -2.83. The zero-order chi connectivity index (χ0) is 21.3. The molecular weight excluding hydrogens is 380 g/mol. The van der Waals surface area contributed by atoms with Crippen LogP contribution >= 0.6 is 0 Å². The average molecular weight is 411 g/mol. The van der Waals surface area contributed by atoms with Crippen LogP contribution in [0.2, 0.25) is 0 Å². The first kappa shape index (κ1) is 20.4. The lowest BCUT2D eigenvalue weighted by molar-refractivity contribution is -0.135. The van der Waals surface area contributed by atoms with E-state index in [1.54, 1.807) is 7.11 Å². The molecule has 0 bridgehead atoms. The first-order chi connectivity index (χ1) is 14.5. The molecule has 0 saturated heterocycles. The minimum atomic E-state index is -0.115. The van der Waals surface area contributed by atoms with Crippen molar-refractivity contribution in [1.29, 1.82) is 0 Å². The van der Waals surface area contributed by atoms with Crippen LogP contribution in [0, 0.1) is 5.92 Å². The number of hydrogen-bond donors (Lipinski definition) is 1. The van der Waals surface area contributed by atoms with Gasteiger partial charge in [0, 0.05) is 49.3 Å². The molecule has 160 valence electrons. The monoisotopic (exact) mass is 410 g/mol. The number of amides is 2. The van der Waals surface area contributed by atoms with Crippen molar-refractivity contribution in [2.45, 2.75) is 58.7 Å². The number of nitrogens with one attached hydrogen (secondary N) is 1. The minimum absolute atomic E-state index is 0.0552. The largest absolute Gasteiger partial charge is 0.497 e. The van der Waals surface area contributed by atoms with E-state index < -0.39 is 0 Å². The van der Waals surface area contributed by atoms with Crippen molar-refractivity contribution in [1.82, 2.24) is 20.0 Å². The van der Waals surface area contributed by atoms with Crippen molar-refractivity contribution in [3.63, 3.8) is 0 Å². The van der Waals surface area contributed by atoms with Gasteiger partial charge in [-0.1, -0.05) is 26.0 Å². The standard InChI is InChI=1S/C23H30N4O3/c1-15(2)23(29)26-12-11-20-19(14-26)21(22(28)24-17-6-7-17)25-27(20)13-10-16-4-8-18(30-3)9-5-16/h4-5,8-9,15,17H,6-7,10-14H2,1-3H3,(H,24,28). The van der Waals surface area contributed by atoms with Crippen LogP contribution in [-0.4, -0.2) is 46.2 Å². The maximum absolute atomic E-state index is 12.8. The van der Waals surface area contributed by atoms with Gasteiger partial charge in [0.2, 0.25) is 5.91 Å². The molecule has 30 heavy (non-hydrogen) atoms. The Bertz CT molecular complexity index is 929. The zero-order valence-corrected chi connectivity index (χ0v) is 18.0. The third kappa shape index (κ3) is 4.35. The molecule has 2 aliphatic rings. The molecule has 0 spiro atoms. The van der Waals surface area contributed by atoms with E-state index in [1.807, 2.05) is 35.6 Å². The Balaban J connectivity index is 1.56. The summed E-state index contributed by atoms with van der Waals surface area (Å²) in [6.07, 6.45) is 3.60. The molecule has 1 N–H and O–H groups in total. The summed E-state index contributed by atoms with van der Waals surface area (Å²) in [6.45, 7) is 5.65. The second-order valence-electron chi connectivity index (χ2n) is 8.51. The minimum Gasteiger partial charge on any atom is -0.497 e. The molecule has 0 unspecified atom stereocenters. The van der Waals surface area contributed by atoms with Gasteiger partial charge >= 0.3 is 0 Å². The van der Waals surface area contributed by atoms with Gasteiger partial charge in [0.05, 0.1) is 7.11 Å². The third-order valence-electron chi connectivity index (χ3n) is 5.84. The average Bonchev–Trinajstić information content (AvgIpc) is 3.49. The molecule has 1 fully saturated rings. The van der Waals surface area contributed by atoms with Gasteiger partial charge in [-0.25, -0.2) is 0 Å². The number of aryl methyl sites for hydroxylation is 2. The summed E-state index contributed by atoms with van der Waals surface area (Å²) in [5.41, 5.74) is 3.66. The quantitative estimate of drug-likeness (QED) is 0.761. The molecule has 0 atom stereocenters. The van der Waals surface area contributed by atoms with Crippen molar-refractivity contribution in [2.75, 3.05) is 13.7 Å². The van der Waals surface area contributed by atoms with Gasteiger partial charge in [-0.15, -0.1) is 0 Å². The maximum atomic E-state index is 12.8. The van der Waals surface area contributed by atoms with Crippen LogP contribution in [0.25, 0.3) is 0 Å². The first-order valence-corrected chi connectivity index (χ1v) is 10.8. The lowest BCUT2D eigenvalue weighted by atomic mass is 10.0. The van der Waals surface area contributed by atoms with Crippen molar-refractivity contribution in [3.05, 3.63) is 46.8 Å². The number of methoxy groups -OCH3 is 1. The number of carbonyl (C=O) groups excluding carboxylic acids is 2. The summed E-state index contributed by atoms with van der Waals surface area (Å²) in [5, 5.41) is 7.76.